The minimum absolute atomic E-state index is 0.0791. The van der Waals surface area contributed by atoms with Crippen LogP contribution in [0.5, 0.6) is 0 Å². The third-order valence-electron chi connectivity index (χ3n) is 3.31. The van der Waals surface area contributed by atoms with Crippen LogP contribution in [0.25, 0.3) is 0 Å². The average molecular weight is 360 g/mol. The van der Waals surface area contributed by atoms with Gasteiger partial charge in [-0.25, -0.2) is 13.8 Å². The molecule has 25 heavy (non-hydrogen) atoms. The lowest BCUT2D eigenvalue weighted by Crippen LogP contribution is -2.13. The third kappa shape index (κ3) is 4.30. The van der Waals surface area contributed by atoms with Crippen LogP contribution in [-0.2, 0) is 0 Å². The highest BCUT2D eigenvalue weighted by atomic mass is 35.5. The van der Waals surface area contributed by atoms with Gasteiger partial charge in [-0.15, -0.1) is 0 Å². The number of rotatable bonds is 4. The third-order valence-corrected chi connectivity index (χ3v) is 3.60. The first kappa shape index (κ1) is 16.9. The number of hydrogen-bond acceptors (Lipinski definition) is 3. The minimum Gasteiger partial charge on any atom is -0.354 e. The molecule has 0 saturated carbocycles. The number of amides is 1. The van der Waals surface area contributed by atoms with E-state index in [1.807, 2.05) is 0 Å². The van der Waals surface area contributed by atoms with Gasteiger partial charge in [-0.2, -0.15) is 0 Å². The van der Waals surface area contributed by atoms with Gasteiger partial charge in [0.1, 0.15) is 17.3 Å². The van der Waals surface area contributed by atoms with Crippen molar-refractivity contribution in [2.24, 2.45) is 0 Å². The zero-order chi connectivity index (χ0) is 17.8. The van der Waals surface area contributed by atoms with Gasteiger partial charge in [-0.1, -0.05) is 11.6 Å². The van der Waals surface area contributed by atoms with E-state index in [1.54, 1.807) is 18.2 Å². The molecule has 1 aromatic heterocycles. The summed E-state index contributed by atoms with van der Waals surface area (Å²) < 4.78 is 26.0. The maximum Gasteiger partial charge on any atom is 0.274 e. The Morgan fingerprint density at radius 3 is 2.24 bits per heavy atom. The molecule has 126 valence electrons. The molecule has 2 N–H and O–H groups in total. The van der Waals surface area contributed by atoms with Crippen molar-refractivity contribution in [3.63, 3.8) is 0 Å². The van der Waals surface area contributed by atoms with Gasteiger partial charge in [0.05, 0.1) is 16.9 Å². The molecule has 0 spiro atoms. The minimum atomic E-state index is -0.561. The summed E-state index contributed by atoms with van der Waals surface area (Å²) in [4.78, 5) is 16.2. The molecule has 1 amide bonds. The number of anilines is 3. The Labute approximate surface area is 147 Å². The summed E-state index contributed by atoms with van der Waals surface area (Å²) in [6.45, 7) is 0. The van der Waals surface area contributed by atoms with E-state index >= 15 is 0 Å². The lowest BCUT2D eigenvalue weighted by molar-refractivity contribution is 0.102. The molecule has 2 aromatic carbocycles. The second-order valence-corrected chi connectivity index (χ2v) is 5.55. The molecule has 0 bridgehead atoms. The van der Waals surface area contributed by atoms with Crippen LogP contribution in [0.1, 0.15) is 10.5 Å². The van der Waals surface area contributed by atoms with Gasteiger partial charge in [0.25, 0.3) is 5.91 Å². The first-order chi connectivity index (χ1) is 12.0. The number of carbonyl (C=O) groups excluding carboxylic acids is 1. The normalized spacial score (nSPS) is 10.4. The maximum absolute atomic E-state index is 13.1. The number of hydrogen-bond donors (Lipinski definition) is 2. The number of halogens is 3. The summed E-state index contributed by atoms with van der Waals surface area (Å²) in [6, 6.07) is 13.0. The van der Waals surface area contributed by atoms with E-state index in [4.69, 9.17) is 11.6 Å². The van der Waals surface area contributed by atoms with Crippen molar-refractivity contribution in [3.8, 4) is 0 Å². The molecular formula is C18H12ClF2N3O. The van der Waals surface area contributed by atoms with Crippen molar-refractivity contribution in [3.05, 3.63) is 83.1 Å². The SMILES string of the molecule is O=C(Nc1ccc(F)c(Cl)c1)c1ccc(Nc2ccc(F)cc2)cn1. The van der Waals surface area contributed by atoms with Crippen LogP contribution in [0.4, 0.5) is 25.8 Å². The first-order valence-electron chi connectivity index (χ1n) is 7.26. The van der Waals surface area contributed by atoms with E-state index in [-0.39, 0.29) is 16.5 Å². The molecule has 0 unspecified atom stereocenters. The van der Waals surface area contributed by atoms with Crippen molar-refractivity contribution in [2.45, 2.75) is 0 Å². The number of aromatic nitrogens is 1. The number of nitrogens with zero attached hydrogens (tertiary/aromatic N) is 1. The number of pyridine rings is 1. The van der Waals surface area contributed by atoms with Gasteiger partial charge in [-0.05, 0) is 54.6 Å². The van der Waals surface area contributed by atoms with E-state index in [0.29, 0.717) is 17.1 Å². The Balaban J connectivity index is 1.67. The molecule has 0 atom stereocenters. The quantitative estimate of drug-likeness (QED) is 0.688. The van der Waals surface area contributed by atoms with Gasteiger partial charge >= 0.3 is 0 Å². The molecule has 7 heteroatoms. The lowest BCUT2D eigenvalue weighted by atomic mass is 10.2. The Kier molecular flexibility index (Phi) is 4.90. The summed E-state index contributed by atoms with van der Waals surface area (Å²) in [6.07, 6.45) is 1.48. The first-order valence-corrected chi connectivity index (χ1v) is 7.64. The Bertz CT molecular complexity index is 899. The van der Waals surface area contributed by atoms with Crippen molar-refractivity contribution in [1.29, 1.82) is 0 Å². The van der Waals surface area contributed by atoms with Gasteiger partial charge < -0.3 is 10.6 Å². The highest BCUT2D eigenvalue weighted by molar-refractivity contribution is 6.31. The zero-order valence-corrected chi connectivity index (χ0v) is 13.5. The summed E-state index contributed by atoms with van der Waals surface area (Å²) in [7, 11) is 0. The molecular weight excluding hydrogens is 348 g/mol. The summed E-state index contributed by atoms with van der Waals surface area (Å²) >= 11 is 5.68. The van der Waals surface area contributed by atoms with Crippen molar-refractivity contribution < 1.29 is 13.6 Å². The van der Waals surface area contributed by atoms with Gasteiger partial charge in [0.15, 0.2) is 0 Å². The Morgan fingerprint density at radius 1 is 0.920 bits per heavy atom. The lowest BCUT2D eigenvalue weighted by Gasteiger charge is -2.08. The average Bonchev–Trinajstić information content (AvgIpc) is 2.61. The van der Waals surface area contributed by atoms with Crippen LogP contribution < -0.4 is 10.6 Å². The van der Waals surface area contributed by atoms with Gasteiger partial charge in [-0.3, -0.25) is 4.79 Å². The smallest absolute Gasteiger partial charge is 0.274 e. The molecule has 0 saturated heterocycles. The second kappa shape index (κ2) is 7.27. The second-order valence-electron chi connectivity index (χ2n) is 5.15. The van der Waals surface area contributed by atoms with Crippen molar-refractivity contribution in [2.75, 3.05) is 10.6 Å². The Hall–Kier alpha value is -2.99. The monoisotopic (exact) mass is 359 g/mol. The standard InChI is InChI=1S/C18H12ClF2N3O/c19-15-9-13(5-7-16(15)21)24-18(25)17-8-6-14(10-22-17)23-12-3-1-11(20)2-4-12/h1-10,23H,(H,24,25). The van der Waals surface area contributed by atoms with Gasteiger partial charge in [0, 0.05) is 11.4 Å². The van der Waals surface area contributed by atoms with Crippen LogP contribution in [0.15, 0.2) is 60.8 Å². The summed E-state index contributed by atoms with van der Waals surface area (Å²) in [5, 5.41) is 5.55. The van der Waals surface area contributed by atoms with Crippen LogP contribution in [-0.4, -0.2) is 10.9 Å². The molecule has 0 fully saturated rings. The topological polar surface area (TPSA) is 54.0 Å². The molecule has 3 aromatic rings. The summed E-state index contributed by atoms with van der Waals surface area (Å²) in [5.74, 6) is -1.33. The van der Waals surface area contributed by atoms with Crippen LogP contribution in [0.2, 0.25) is 5.02 Å². The molecule has 0 aliphatic heterocycles. The van der Waals surface area contributed by atoms with E-state index in [1.165, 1.54) is 42.6 Å². The van der Waals surface area contributed by atoms with E-state index in [9.17, 15) is 13.6 Å². The van der Waals surface area contributed by atoms with Crippen molar-refractivity contribution >= 4 is 34.6 Å². The number of benzene rings is 2. The fourth-order valence-electron chi connectivity index (χ4n) is 2.07. The summed E-state index contributed by atoms with van der Waals surface area (Å²) in [5.41, 5.74) is 1.89. The molecule has 0 radical (unpaired) electrons. The fraction of sp³-hybridized carbons (Fsp3) is 0. The van der Waals surface area contributed by atoms with Crippen LogP contribution in [0.3, 0.4) is 0 Å². The Morgan fingerprint density at radius 2 is 1.60 bits per heavy atom. The largest absolute Gasteiger partial charge is 0.354 e. The number of nitrogens with one attached hydrogen (secondary N) is 2. The highest BCUT2D eigenvalue weighted by Crippen LogP contribution is 2.20. The predicted molar refractivity (Wildman–Crippen MR) is 93.3 cm³/mol. The fourth-order valence-corrected chi connectivity index (χ4v) is 2.25. The van der Waals surface area contributed by atoms with Crippen LogP contribution >= 0.6 is 11.6 Å². The molecule has 4 nitrogen and oxygen atoms in total. The van der Waals surface area contributed by atoms with E-state index in [0.717, 1.165) is 0 Å². The van der Waals surface area contributed by atoms with Crippen LogP contribution in [0, 0.1) is 11.6 Å². The molecule has 0 aliphatic rings. The number of carbonyl (C=O) groups is 1. The highest BCUT2D eigenvalue weighted by Gasteiger charge is 2.09. The molecule has 0 aliphatic carbocycles. The van der Waals surface area contributed by atoms with E-state index < -0.39 is 11.7 Å². The van der Waals surface area contributed by atoms with E-state index in [2.05, 4.69) is 15.6 Å². The maximum atomic E-state index is 13.1. The van der Waals surface area contributed by atoms with Crippen molar-refractivity contribution in [1.82, 2.24) is 4.98 Å². The molecule has 1 heterocycles. The molecule has 3 rings (SSSR count). The van der Waals surface area contributed by atoms with Gasteiger partial charge in [0.2, 0.25) is 0 Å². The predicted octanol–water partition coefficient (Wildman–Crippen LogP) is 5.01. The zero-order valence-electron chi connectivity index (χ0n) is 12.8.